The number of carbonyl (C=O) groups excluding carboxylic acids is 1. The molecule has 104 valence electrons. The highest BCUT2D eigenvalue weighted by Gasteiger charge is 2.15. The minimum absolute atomic E-state index is 0.234. The molecule has 5 nitrogen and oxygen atoms in total. The monoisotopic (exact) mass is 271 g/mol. The number of hydrogen-bond donors (Lipinski definition) is 1. The summed E-state index contributed by atoms with van der Waals surface area (Å²) in [6.45, 7) is 3.78. The number of nitrogens with one attached hydrogen (secondary N) is 1. The minimum Gasteiger partial charge on any atom is -0.351 e. The third-order valence-corrected chi connectivity index (χ3v) is 3.52. The van der Waals surface area contributed by atoms with Crippen LogP contribution >= 0.6 is 0 Å². The number of amides is 1. The van der Waals surface area contributed by atoms with Crippen molar-refractivity contribution in [2.45, 2.75) is 19.9 Å². The highest BCUT2D eigenvalue weighted by molar-refractivity contribution is 6.02. The van der Waals surface area contributed by atoms with Crippen molar-refractivity contribution < 1.29 is 9.32 Å². The predicted molar refractivity (Wildman–Crippen MR) is 75.7 cm³/mol. The van der Waals surface area contributed by atoms with Crippen molar-refractivity contribution in [1.29, 1.82) is 0 Å². The van der Waals surface area contributed by atoms with Crippen molar-refractivity contribution >= 4 is 11.6 Å². The molecule has 0 spiro atoms. The van der Waals surface area contributed by atoms with Crippen molar-refractivity contribution in [3.05, 3.63) is 46.8 Å². The molecule has 2 heterocycles. The quantitative estimate of drug-likeness (QED) is 0.910. The Hall–Kier alpha value is -2.14. The molecule has 1 aliphatic rings. The molecule has 1 N–H and O–H groups in total. The molecule has 1 aliphatic heterocycles. The molecule has 20 heavy (non-hydrogen) atoms. The van der Waals surface area contributed by atoms with Gasteiger partial charge in [0, 0.05) is 24.8 Å². The van der Waals surface area contributed by atoms with Crippen molar-refractivity contribution in [2.24, 2.45) is 0 Å². The van der Waals surface area contributed by atoms with Crippen LogP contribution in [0.3, 0.4) is 0 Å². The SMILES string of the molecule is Cc1cc(C(=O)Nc2ccc3c(c2)CN(C)CC3)on1. The molecule has 3 rings (SSSR count). The van der Waals surface area contributed by atoms with Gasteiger partial charge in [0.05, 0.1) is 5.69 Å². The zero-order chi connectivity index (χ0) is 14.1. The van der Waals surface area contributed by atoms with Crippen LogP contribution in [0.5, 0.6) is 0 Å². The molecule has 0 aliphatic carbocycles. The number of likely N-dealkylation sites (N-methyl/N-ethyl adjacent to an activating group) is 1. The van der Waals surface area contributed by atoms with Crippen LogP contribution in [-0.4, -0.2) is 29.6 Å². The Kier molecular flexibility index (Phi) is 3.28. The van der Waals surface area contributed by atoms with Gasteiger partial charge in [0.15, 0.2) is 0 Å². The van der Waals surface area contributed by atoms with Gasteiger partial charge in [0.2, 0.25) is 5.76 Å². The maximum absolute atomic E-state index is 12.0. The number of benzene rings is 1. The summed E-state index contributed by atoms with van der Waals surface area (Å²) < 4.78 is 4.96. The van der Waals surface area contributed by atoms with Gasteiger partial charge >= 0.3 is 0 Å². The summed E-state index contributed by atoms with van der Waals surface area (Å²) >= 11 is 0. The van der Waals surface area contributed by atoms with E-state index in [0.717, 1.165) is 25.2 Å². The van der Waals surface area contributed by atoms with Crippen molar-refractivity contribution in [1.82, 2.24) is 10.1 Å². The highest BCUT2D eigenvalue weighted by atomic mass is 16.5. The number of aryl methyl sites for hydroxylation is 1. The molecule has 0 fully saturated rings. The van der Waals surface area contributed by atoms with E-state index in [9.17, 15) is 4.79 Å². The van der Waals surface area contributed by atoms with E-state index in [1.807, 2.05) is 12.1 Å². The number of nitrogens with zero attached hydrogens (tertiary/aromatic N) is 2. The third kappa shape index (κ3) is 2.58. The molecule has 0 saturated heterocycles. The number of aromatic nitrogens is 1. The summed E-state index contributed by atoms with van der Waals surface area (Å²) in [7, 11) is 2.10. The Balaban J connectivity index is 1.78. The van der Waals surface area contributed by atoms with Crippen LogP contribution in [0, 0.1) is 6.92 Å². The Morgan fingerprint density at radius 2 is 2.20 bits per heavy atom. The second-order valence-electron chi connectivity index (χ2n) is 5.26. The first kappa shape index (κ1) is 12.9. The lowest BCUT2D eigenvalue weighted by Gasteiger charge is -2.25. The number of fused-ring (bicyclic) bond motifs is 1. The summed E-state index contributed by atoms with van der Waals surface area (Å²) in [4.78, 5) is 14.3. The van der Waals surface area contributed by atoms with Gasteiger partial charge in [-0.2, -0.15) is 0 Å². The molecule has 0 bridgehead atoms. The third-order valence-electron chi connectivity index (χ3n) is 3.52. The van der Waals surface area contributed by atoms with Crippen molar-refractivity contribution in [3.63, 3.8) is 0 Å². The van der Waals surface area contributed by atoms with Gasteiger partial charge in [-0.15, -0.1) is 0 Å². The molecular weight excluding hydrogens is 254 g/mol. The molecular formula is C15H17N3O2. The molecule has 5 heteroatoms. The first-order valence-corrected chi connectivity index (χ1v) is 6.67. The fraction of sp³-hybridized carbons (Fsp3) is 0.333. The zero-order valence-corrected chi connectivity index (χ0v) is 11.6. The number of hydrogen-bond acceptors (Lipinski definition) is 4. The second-order valence-corrected chi connectivity index (χ2v) is 5.26. The first-order valence-electron chi connectivity index (χ1n) is 6.67. The van der Waals surface area contributed by atoms with E-state index in [4.69, 9.17) is 4.52 Å². The van der Waals surface area contributed by atoms with E-state index < -0.39 is 0 Å². The molecule has 0 radical (unpaired) electrons. The average molecular weight is 271 g/mol. The van der Waals surface area contributed by atoms with Gasteiger partial charge in [-0.05, 0) is 43.7 Å². The van der Waals surface area contributed by atoms with Crippen LogP contribution in [0.25, 0.3) is 0 Å². The summed E-state index contributed by atoms with van der Waals surface area (Å²) in [5.74, 6) is -0.0351. The minimum atomic E-state index is -0.269. The van der Waals surface area contributed by atoms with Gasteiger partial charge in [-0.25, -0.2) is 0 Å². The smallest absolute Gasteiger partial charge is 0.294 e. The van der Waals surface area contributed by atoms with Gasteiger partial charge in [0.1, 0.15) is 0 Å². The van der Waals surface area contributed by atoms with E-state index >= 15 is 0 Å². The Bertz CT molecular complexity index is 648. The molecule has 2 aromatic rings. The summed E-state index contributed by atoms with van der Waals surface area (Å²) in [6.07, 6.45) is 1.06. The van der Waals surface area contributed by atoms with E-state index in [2.05, 4.69) is 28.5 Å². The normalized spacial score (nSPS) is 14.9. The lowest BCUT2D eigenvalue weighted by Crippen LogP contribution is -2.26. The fourth-order valence-electron chi connectivity index (χ4n) is 2.44. The van der Waals surface area contributed by atoms with Crippen LogP contribution in [0.1, 0.15) is 27.4 Å². The van der Waals surface area contributed by atoms with Crippen molar-refractivity contribution in [3.8, 4) is 0 Å². The van der Waals surface area contributed by atoms with Gasteiger partial charge < -0.3 is 14.7 Å². The Morgan fingerprint density at radius 1 is 1.35 bits per heavy atom. The van der Waals surface area contributed by atoms with Gasteiger partial charge in [-0.3, -0.25) is 4.79 Å². The van der Waals surface area contributed by atoms with Gasteiger partial charge in [0.25, 0.3) is 5.91 Å². The lowest BCUT2D eigenvalue weighted by atomic mass is 9.99. The van der Waals surface area contributed by atoms with Crippen LogP contribution in [0.15, 0.2) is 28.8 Å². The van der Waals surface area contributed by atoms with Crippen LogP contribution in [0.2, 0.25) is 0 Å². The maximum Gasteiger partial charge on any atom is 0.294 e. The average Bonchev–Trinajstić information content (AvgIpc) is 2.85. The number of anilines is 1. The van der Waals surface area contributed by atoms with Crippen LogP contribution in [0.4, 0.5) is 5.69 Å². The number of carbonyl (C=O) groups is 1. The summed E-state index contributed by atoms with van der Waals surface area (Å²) in [5.41, 5.74) is 4.11. The summed E-state index contributed by atoms with van der Waals surface area (Å²) in [6, 6.07) is 7.68. The second kappa shape index (κ2) is 5.09. The topological polar surface area (TPSA) is 58.4 Å². The van der Waals surface area contributed by atoms with E-state index in [1.54, 1.807) is 13.0 Å². The number of rotatable bonds is 2. The standard InChI is InChI=1S/C15H17N3O2/c1-10-7-14(20-17-10)15(19)16-13-4-3-11-5-6-18(2)9-12(11)8-13/h3-4,7-8H,5-6,9H2,1-2H3,(H,16,19). The Morgan fingerprint density at radius 3 is 2.95 bits per heavy atom. The lowest BCUT2D eigenvalue weighted by molar-refractivity contribution is 0.0988. The highest BCUT2D eigenvalue weighted by Crippen LogP contribution is 2.22. The summed E-state index contributed by atoms with van der Waals surface area (Å²) in [5, 5.41) is 6.56. The maximum atomic E-state index is 12.0. The largest absolute Gasteiger partial charge is 0.351 e. The van der Waals surface area contributed by atoms with Crippen LogP contribution < -0.4 is 5.32 Å². The first-order chi connectivity index (χ1) is 9.61. The molecule has 0 saturated carbocycles. The molecule has 1 aromatic carbocycles. The predicted octanol–water partition coefficient (Wildman–Crippen LogP) is 2.22. The zero-order valence-electron chi connectivity index (χ0n) is 11.6. The Labute approximate surface area is 117 Å². The van der Waals surface area contributed by atoms with Crippen LogP contribution in [-0.2, 0) is 13.0 Å². The van der Waals surface area contributed by atoms with Gasteiger partial charge in [-0.1, -0.05) is 11.2 Å². The molecule has 1 amide bonds. The van der Waals surface area contributed by atoms with E-state index in [0.29, 0.717) is 5.69 Å². The van der Waals surface area contributed by atoms with E-state index in [1.165, 1.54) is 11.1 Å². The van der Waals surface area contributed by atoms with Crippen molar-refractivity contribution in [2.75, 3.05) is 18.9 Å². The molecule has 1 aromatic heterocycles. The molecule has 0 unspecified atom stereocenters. The van der Waals surface area contributed by atoms with E-state index in [-0.39, 0.29) is 11.7 Å². The molecule has 0 atom stereocenters. The fourth-order valence-corrected chi connectivity index (χ4v) is 2.44.